The molecule has 6 heteroatoms. The number of hydrogen-bond acceptors (Lipinski definition) is 5. The molecular formula is C19H21NO5. The quantitative estimate of drug-likeness (QED) is 0.782. The smallest absolute Gasteiger partial charge is 0.337 e. The summed E-state index contributed by atoms with van der Waals surface area (Å²) in [5, 5.41) is 2.80. The Labute approximate surface area is 146 Å². The topological polar surface area (TPSA) is 73.9 Å². The highest BCUT2D eigenvalue weighted by Crippen LogP contribution is 2.28. The molecule has 0 fully saturated rings. The predicted octanol–water partition coefficient (Wildman–Crippen LogP) is 3.06. The van der Waals surface area contributed by atoms with Gasteiger partial charge < -0.3 is 19.5 Å². The SMILES string of the molecule is COC(=O)c1ccc(NC(=O)CCc2ccc(OC)c(OC)c2)cc1. The van der Waals surface area contributed by atoms with Gasteiger partial charge in [-0.3, -0.25) is 4.79 Å². The van der Waals surface area contributed by atoms with Gasteiger partial charge in [-0.05, 0) is 48.4 Å². The monoisotopic (exact) mass is 343 g/mol. The van der Waals surface area contributed by atoms with E-state index in [-0.39, 0.29) is 5.91 Å². The van der Waals surface area contributed by atoms with Gasteiger partial charge in [0.1, 0.15) is 0 Å². The summed E-state index contributed by atoms with van der Waals surface area (Å²) in [5.41, 5.74) is 2.05. The Morgan fingerprint density at radius 1 is 0.920 bits per heavy atom. The second-order valence-electron chi connectivity index (χ2n) is 5.31. The van der Waals surface area contributed by atoms with Gasteiger partial charge in [-0.1, -0.05) is 6.07 Å². The average Bonchev–Trinajstić information content (AvgIpc) is 2.66. The molecule has 0 radical (unpaired) electrons. The van der Waals surface area contributed by atoms with E-state index >= 15 is 0 Å². The van der Waals surface area contributed by atoms with E-state index in [0.717, 1.165) is 5.56 Å². The second-order valence-corrected chi connectivity index (χ2v) is 5.31. The molecular weight excluding hydrogens is 322 g/mol. The summed E-state index contributed by atoms with van der Waals surface area (Å²) in [6.45, 7) is 0. The molecule has 6 nitrogen and oxygen atoms in total. The first-order valence-corrected chi connectivity index (χ1v) is 7.76. The fourth-order valence-electron chi connectivity index (χ4n) is 2.32. The van der Waals surface area contributed by atoms with Crippen LogP contribution in [0, 0.1) is 0 Å². The minimum absolute atomic E-state index is 0.111. The van der Waals surface area contributed by atoms with Crippen LogP contribution in [0.4, 0.5) is 5.69 Å². The first-order valence-electron chi connectivity index (χ1n) is 7.76. The maximum absolute atomic E-state index is 12.1. The van der Waals surface area contributed by atoms with E-state index in [4.69, 9.17) is 9.47 Å². The molecule has 25 heavy (non-hydrogen) atoms. The molecule has 0 aliphatic rings. The maximum atomic E-state index is 12.1. The zero-order valence-electron chi connectivity index (χ0n) is 14.5. The van der Waals surface area contributed by atoms with Gasteiger partial charge in [0.15, 0.2) is 11.5 Å². The number of rotatable bonds is 7. The van der Waals surface area contributed by atoms with Crippen LogP contribution < -0.4 is 14.8 Å². The van der Waals surface area contributed by atoms with Crippen LogP contribution in [0.15, 0.2) is 42.5 Å². The van der Waals surface area contributed by atoms with Gasteiger partial charge >= 0.3 is 5.97 Å². The number of aryl methyl sites for hydroxylation is 1. The lowest BCUT2D eigenvalue weighted by Crippen LogP contribution is -2.12. The van der Waals surface area contributed by atoms with Gasteiger partial charge in [-0.15, -0.1) is 0 Å². The summed E-state index contributed by atoms with van der Waals surface area (Å²) in [6, 6.07) is 12.1. The Kier molecular flexibility index (Phi) is 6.39. The van der Waals surface area contributed by atoms with E-state index < -0.39 is 5.97 Å². The molecule has 132 valence electrons. The number of nitrogens with one attached hydrogen (secondary N) is 1. The fourth-order valence-corrected chi connectivity index (χ4v) is 2.32. The lowest BCUT2D eigenvalue weighted by Gasteiger charge is -2.10. The highest BCUT2D eigenvalue weighted by atomic mass is 16.5. The number of benzene rings is 2. The zero-order chi connectivity index (χ0) is 18.2. The van der Waals surface area contributed by atoms with Crippen molar-refractivity contribution in [3.63, 3.8) is 0 Å². The number of amides is 1. The standard InChI is InChI=1S/C19H21NO5/c1-23-16-10-4-13(12-17(16)24-2)5-11-18(21)20-15-8-6-14(7-9-15)19(22)25-3/h4,6-10,12H,5,11H2,1-3H3,(H,20,21). The molecule has 2 aromatic rings. The maximum Gasteiger partial charge on any atom is 0.337 e. The van der Waals surface area contributed by atoms with Crippen LogP contribution in [0.2, 0.25) is 0 Å². The number of hydrogen-bond donors (Lipinski definition) is 1. The molecule has 1 N–H and O–H groups in total. The highest BCUT2D eigenvalue weighted by molar-refractivity contribution is 5.93. The lowest BCUT2D eigenvalue weighted by molar-refractivity contribution is -0.116. The van der Waals surface area contributed by atoms with Gasteiger partial charge in [-0.25, -0.2) is 4.79 Å². The number of ether oxygens (including phenoxy) is 3. The van der Waals surface area contributed by atoms with Crippen LogP contribution in [0.5, 0.6) is 11.5 Å². The van der Waals surface area contributed by atoms with Crippen molar-refractivity contribution in [1.82, 2.24) is 0 Å². The number of esters is 1. The van der Waals surface area contributed by atoms with Crippen LogP contribution in [0.1, 0.15) is 22.3 Å². The Bertz CT molecular complexity index is 740. The Morgan fingerprint density at radius 2 is 1.60 bits per heavy atom. The molecule has 2 rings (SSSR count). The lowest BCUT2D eigenvalue weighted by atomic mass is 10.1. The van der Waals surface area contributed by atoms with Gasteiger partial charge in [0.25, 0.3) is 0 Å². The summed E-state index contributed by atoms with van der Waals surface area (Å²) >= 11 is 0. The number of anilines is 1. The van der Waals surface area contributed by atoms with E-state index in [1.807, 2.05) is 18.2 Å². The molecule has 0 aliphatic heterocycles. The largest absolute Gasteiger partial charge is 0.493 e. The molecule has 0 heterocycles. The first kappa shape index (κ1) is 18.3. The second kappa shape index (κ2) is 8.73. The van der Waals surface area contributed by atoms with E-state index in [9.17, 15) is 9.59 Å². The van der Waals surface area contributed by atoms with Crippen molar-refractivity contribution < 1.29 is 23.8 Å². The van der Waals surface area contributed by atoms with Crippen molar-refractivity contribution in [3.05, 3.63) is 53.6 Å². The molecule has 0 aromatic heterocycles. The van der Waals surface area contributed by atoms with Crippen molar-refractivity contribution in [2.24, 2.45) is 0 Å². The molecule has 0 aliphatic carbocycles. The average molecular weight is 343 g/mol. The third kappa shape index (κ3) is 4.97. The molecule has 0 saturated heterocycles. The molecule has 2 aromatic carbocycles. The van der Waals surface area contributed by atoms with Crippen LogP contribution >= 0.6 is 0 Å². The van der Waals surface area contributed by atoms with E-state index in [2.05, 4.69) is 10.1 Å². The Morgan fingerprint density at radius 3 is 2.20 bits per heavy atom. The van der Waals surface area contributed by atoms with Crippen molar-refractivity contribution in [2.75, 3.05) is 26.6 Å². The highest BCUT2D eigenvalue weighted by Gasteiger charge is 2.08. The number of carbonyl (C=O) groups excluding carboxylic acids is 2. The summed E-state index contributed by atoms with van der Waals surface area (Å²) in [4.78, 5) is 23.5. The van der Waals surface area contributed by atoms with E-state index in [0.29, 0.717) is 35.6 Å². The minimum atomic E-state index is -0.411. The summed E-state index contributed by atoms with van der Waals surface area (Å²) in [7, 11) is 4.48. The normalized spacial score (nSPS) is 10.0. The van der Waals surface area contributed by atoms with Gasteiger partial charge in [-0.2, -0.15) is 0 Å². The van der Waals surface area contributed by atoms with Crippen LogP contribution in [0.25, 0.3) is 0 Å². The number of carbonyl (C=O) groups is 2. The zero-order valence-corrected chi connectivity index (χ0v) is 14.5. The van der Waals surface area contributed by atoms with Gasteiger partial charge in [0.05, 0.1) is 26.9 Å². The van der Waals surface area contributed by atoms with E-state index in [1.165, 1.54) is 7.11 Å². The molecule has 0 spiro atoms. The van der Waals surface area contributed by atoms with Gasteiger partial charge in [0.2, 0.25) is 5.91 Å². The Hall–Kier alpha value is -3.02. The van der Waals surface area contributed by atoms with Crippen LogP contribution in [-0.4, -0.2) is 33.2 Å². The number of methoxy groups -OCH3 is 3. The summed E-state index contributed by atoms with van der Waals surface area (Å²) in [6.07, 6.45) is 0.903. The minimum Gasteiger partial charge on any atom is -0.493 e. The van der Waals surface area contributed by atoms with Crippen LogP contribution in [-0.2, 0) is 16.0 Å². The molecule has 0 bridgehead atoms. The first-order chi connectivity index (χ1) is 12.1. The molecule has 0 atom stereocenters. The van der Waals surface area contributed by atoms with Crippen molar-refractivity contribution in [2.45, 2.75) is 12.8 Å². The van der Waals surface area contributed by atoms with Gasteiger partial charge in [0, 0.05) is 12.1 Å². The van der Waals surface area contributed by atoms with Crippen molar-refractivity contribution in [1.29, 1.82) is 0 Å². The predicted molar refractivity (Wildman–Crippen MR) is 94.3 cm³/mol. The molecule has 0 saturated carbocycles. The van der Waals surface area contributed by atoms with Crippen molar-refractivity contribution in [3.8, 4) is 11.5 Å². The summed E-state index contributed by atoms with van der Waals surface area (Å²) in [5.74, 6) is 0.770. The third-order valence-corrected chi connectivity index (χ3v) is 3.68. The van der Waals surface area contributed by atoms with Crippen molar-refractivity contribution >= 4 is 17.6 Å². The van der Waals surface area contributed by atoms with E-state index in [1.54, 1.807) is 38.5 Å². The molecule has 1 amide bonds. The Balaban J connectivity index is 1.91. The fraction of sp³-hybridized carbons (Fsp3) is 0.263. The third-order valence-electron chi connectivity index (χ3n) is 3.68. The van der Waals surface area contributed by atoms with Crippen LogP contribution in [0.3, 0.4) is 0 Å². The molecule has 0 unspecified atom stereocenters. The summed E-state index contributed by atoms with van der Waals surface area (Å²) < 4.78 is 15.1.